The number of rotatable bonds is 4. The molecular formula is C24H17NO2. The zero-order valence-corrected chi connectivity index (χ0v) is 14.5. The maximum Gasteiger partial charge on any atom is 0.336 e. The molecule has 0 atom stereocenters. The molecule has 0 bridgehead atoms. The van der Waals surface area contributed by atoms with Crippen LogP contribution in [-0.4, -0.2) is 16.1 Å². The lowest BCUT2D eigenvalue weighted by molar-refractivity contribution is 0.0699. The molecule has 3 nitrogen and oxygen atoms in total. The zero-order valence-electron chi connectivity index (χ0n) is 14.5. The van der Waals surface area contributed by atoms with E-state index in [9.17, 15) is 9.90 Å². The van der Waals surface area contributed by atoms with E-state index in [-0.39, 0.29) is 5.56 Å². The Morgan fingerprint density at radius 2 is 1.44 bits per heavy atom. The van der Waals surface area contributed by atoms with Gasteiger partial charge in [-0.15, -0.1) is 0 Å². The minimum Gasteiger partial charge on any atom is -0.478 e. The van der Waals surface area contributed by atoms with Gasteiger partial charge in [-0.25, -0.2) is 9.78 Å². The molecule has 0 aliphatic rings. The third-order valence-corrected chi connectivity index (χ3v) is 4.43. The Labute approximate surface area is 157 Å². The maximum absolute atomic E-state index is 11.6. The average Bonchev–Trinajstić information content (AvgIpc) is 2.72. The van der Waals surface area contributed by atoms with E-state index in [1.54, 1.807) is 12.1 Å². The highest BCUT2D eigenvalue weighted by Crippen LogP contribution is 2.22. The molecular weight excluding hydrogens is 334 g/mol. The van der Waals surface area contributed by atoms with Crippen LogP contribution in [0.2, 0.25) is 0 Å². The smallest absolute Gasteiger partial charge is 0.336 e. The van der Waals surface area contributed by atoms with Crippen molar-refractivity contribution in [2.24, 2.45) is 0 Å². The molecule has 1 N–H and O–H groups in total. The van der Waals surface area contributed by atoms with Crippen molar-refractivity contribution in [2.45, 2.75) is 0 Å². The van der Waals surface area contributed by atoms with Gasteiger partial charge in [0.2, 0.25) is 0 Å². The van der Waals surface area contributed by atoms with Gasteiger partial charge < -0.3 is 5.11 Å². The van der Waals surface area contributed by atoms with Crippen LogP contribution in [0.15, 0.2) is 84.9 Å². The van der Waals surface area contributed by atoms with Gasteiger partial charge >= 0.3 is 5.97 Å². The van der Waals surface area contributed by atoms with Gasteiger partial charge in [0.25, 0.3) is 0 Å². The van der Waals surface area contributed by atoms with Crippen molar-refractivity contribution in [3.8, 4) is 11.1 Å². The third-order valence-electron chi connectivity index (χ3n) is 4.43. The van der Waals surface area contributed by atoms with Crippen LogP contribution in [0.3, 0.4) is 0 Å². The Balaban J connectivity index is 1.64. The number of carbonyl (C=O) groups is 1. The number of pyridine rings is 1. The molecule has 4 rings (SSSR count). The summed E-state index contributed by atoms with van der Waals surface area (Å²) in [6.45, 7) is 0. The van der Waals surface area contributed by atoms with E-state index >= 15 is 0 Å². The van der Waals surface area contributed by atoms with E-state index in [2.05, 4.69) is 29.2 Å². The summed E-state index contributed by atoms with van der Waals surface area (Å²) in [5.41, 5.74) is 4.93. The standard InChI is InChI=1S/C24H17NO2/c26-24(27)22-16-20(25-23-9-5-4-8-21(22)23)15-12-17-10-13-19(14-11-17)18-6-2-1-3-7-18/h1-16H,(H,26,27). The Morgan fingerprint density at radius 1 is 0.778 bits per heavy atom. The summed E-state index contributed by atoms with van der Waals surface area (Å²) in [5.74, 6) is -0.949. The summed E-state index contributed by atoms with van der Waals surface area (Å²) in [6.07, 6.45) is 3.79. The summed E-state index contributed by atoms with van der Waals surface area (Å²) in [5, 5.41) is 10.1. The number of fused-ring (bicyclic) bond motifs is 1. The molecule has 4 aromatic rings. The second-order valence-corrected chi connectivity index (χ2v) is 6.24. The van der Waals surface area contributed by atoms with Crippen LogP contribution < -0.4 is 0 Å². The molecule has 1 heterocycles. The molecule has 0 aliphatic heterocycles. The largest absolute Gasteiger partial charge is 0.478 e. The first-order valence-electron chi connectivity index (χ1n) is 8.67. The third kappa shape index (κ3) is 3.62. The number of carboxylic acid groups (broad SMARTS) is 1. The molecule has 1 aromatic heterocycles. The van der Waals surface area contributed by atoms with Gasteiger partial charge in [0, 0.05) is 5.39 Å². The van der Waals surface area contributed by atoms with Crippen LogP contribution in [-0.2, 0) is 0 Å². The second-order valence-electron chi connectivity index (χ2n) is 6.24. The quantitative estimate of drug-likeness (QED) is 0.508. The van der Waals surface area contributed by atoms with Crippen molar-refractivity contribution in [3.05, 3.63) is 102 Å². The predicted molar refractivity (Wildman–Crippen MR) is 110 cm³/mol. The Hall–Kier alpha value is -3.72. The molecule has 0 saturated heterocycles. The van der Waals surface area contributed by atoms with Crippen LogP contribution in [0.4, 0.5) is 0 Å². The van der Waals surface area contributed by atoms with Crippen molar-refractivity contribution < 1.29 is 9.90 Å². The summed E-state index contributed by atoms with van der Waals surface area (Å²) in [7, 11) is 0. The van der Waals surface area contributed by atoms with Crippen molar-refractivity contribution in [1.82, 2.24) is 4.98 Å². The van der Waals surface area contributed by atoms with Crippen LogP contribution in [0.25, 0.3) is 34.2 Å². The first-order chi connectivity index (χ1) is 13.2. The van der Waals surface area contributed by atoms with Gasteiger partial charge in [0.05, 0.1) is 16.8 Å². The number of aromatic nitrogens is 1. The molecule has 0 unspecified atom stereocenters. The monoisotopic (exact) mass is 351 g/mol. The second kappa shape index (κ2) is 7.26. The number of nitrogens with zero attached hydrogens (tertiary/aromatic N) is 1. The number of aromatic carboxylic acids is 1. The Bertz CT molecular complexity index is 1130. The minimum absolute atomic E-state index is 0.264. The lowest BCUT2D eigenvalue weighted by Crippen LogP contribution is -2.00. The highest BCUT2D eigenvalue weighted by atomic mass is 16.4. The molecule has 0 saturated carbocycles. The van der Waals surface area contributed by atoms with E-state index in [1.807, 2.05) is 60.7 Å². The van der Waals surface area contributed by atoms with Gasteiger partial charge in [-0.05, 0) is 34.9 Å². The fraction of sp³-hybridized carbons (Fsp3) is 0. The first kappa shape index (κ1) is 16.7. The van der Waals surface area contributed by atoms with Gasteiger partial charge in [0.1, 0.15) is 0 Å². The zero-order chi connectivity index (χ0) is 18.6. The highest BCUT2D eigenvalue weighted by Gasteiger charge is 2.10. The number of para-hydroxylation sites is 1. The molecule has 3 heteroatoms. The normalized spacial score (nSPS) is 11.1. The molecule has 0 aliphatic carbocycles. The fourth-order valence-corrected chi connectivity index (χ4v) is 3.06. The molecule has 3 aromatic carbocycles. The number of benzene rings is 3. The number of carboxylic acids is 1. The Kier molecular flexibility index (Phi) is 4.50. The van der Waals surface area contributed by atoms with E-state index < -0.39 is 5.97 Å². The van der Waals surface area contributed by atoms with Crippen LogP contribution in [0, 0.1) is 0 Å². The van der Waals surface area contributed by atoms with Gasteiger partial charge in [-0.3, -0.25) is 0 Å². The topological polar surface area (TPSA) is 50.2 Å². The summed E-state index contributed by atoms with van der Waals surface area (Å²) in [6, 6.07) is 27.3. The van der Waals surface area contributed by atoms with Gasteiger partial charge in [-0.1, -0.05) is 78.9 Å². The predicted octanol–water partition coefficient (Wildman–Crippen LogP) is 5.77. The average molecular weight is 351 g/mol. The summed E-state index contributed by atoms with van der Waals surface area (Å²) in [4.78, 5) is 16.1. The van der Waals surface area contributed by atoms with Crippen molar-refractivity contribution in [3.63, 3.8) is 0 Å². The first-order valence-corrected chi connectivity index (χ1v) is 8.67. The lowest BCUT2D eigenvalue weighted by Gasteiger charge is -2.04. The maximum atomic E-state index is 11.6. The fourth-order valence-electron chi connectivity index (χ4n) is 3.06. The van der Waals surface area contributed by atoms with E-state index in [0.29, 0.717) is 16.6 Å². The molecule has 0 radical (unpaired) electrons. The van der Waals surface area contributed by atoms with Crippen molar-refractivity contribution in [1.29, 1.82) is 0 Å². The van der Waals surface area contributed by atoms with Gasteiger partial charge in [0.15, 0.2) is 0 Å². The molecule has 0 fully saturated rings. The number of hydrogen-bond acceptors (Lipinski definition) is 2. The molecule has 0 amide bonds. The lowest BCUT2D eigenvalue weighted by atomic mass is 10.0. The highest BCUT2D eigenvalue weighted by molar-refractivity contribution is 6.03. The van der Waals surface area contributed by atoms with Crippen LogP contribution in [0.5, 0.6) is 0 Å². The minimum atomic E-state index is -0.949. The number of hydrogen-bond donors (Lipinski definition) is 1. The summed E-state index contributed by atoms with van der Waals surface area (Å²) >= 11 is 0. The van der Waals surface area contributed by atoms with E-state index in [4.69, 9.17) is 0 Å². The van der Waals surface area contributed by atoms with Crippen LogP contribution in [0.1, 0.15) is 21.6 Å². The van der Waals surface area contributed by atoms with Gasteiger partial charge in [-0.2, -0.15) is 0 Å². The van der Waals surface area contributed by atoms with E-state index in [0.717, 1.165) is 11.1 Å². The molecule has 0 spiro atoms. The molecule has 27 heavy (non-hydrogen) atoms. The van der Waals surface area contributed by atoms with Crippen molar-refractivity contribution >= 4 is 29.0 Å². The van der Waals surface area contributed by atoms with Crippen LogP contribution >= 0.6 is 0 Å². The summed E-state index contributed by atoms with van der Waals surface area (Å²) < 4.78 is 0. The SMILES string of the molecule is O=C(O)c1cc(C=Cc2ccc(-c3ccccc3)cc2)nc2ccccc12. The van der Waals surface area contributed by atoms with Crippen molar-refractivity contribution in [2.75, 3.05) is 0 Å². The molecule has 130 valence electrons. The van der Waals surface area contributed by atoms with E-state index in [1.165, 1.54) is 5.56 Å². The Morgan fingerprint density at radius 3 is 2.19 bits per heavy atom.